The van der Waals surface area contributed by atoms with Gasteiger partial charge in [-0.1, -0.05) is 41.5 Å². The van der Waals surface area contributed by atoms with E-state index < -0.39 is 8.32 Å². The molecule has 0 unspecified atom stereocenters. The Bertz CT molecular complexity index is 951. The van der Waals surface area contributed by atoms with E-state index >= 15 is 0 Å². The van der Waals surface area contributed by atoms with Crippen LogP contribution >= 0.6 is 0 Å². The summed E-state index contributed by atoms with van der Waals surface area (Å²) in [7, 11) is -0.287. The molecule has 1 aliphatic rings. The fourth-order valence-electron chi connectivity index (χ4n) is 5.51. The van der Waals surface area contributed by atoms with Crippen LogP contribution in [0.2, 0.25) is 16.6 Å². The molecule has 184 valence electrons. The Kier molecular flexibility index (Phi) is 7.95. The van der Waals surface area contributed by atoms with Crippen LogP contribution in [0, 0.1) is 0 Å². The van der Waals surface area contributed by atoms with Gasteiger partial charge in [0, 0.05) is 25.8 Å². The predicted octanol–water partition coefficient (Wildman–Crippen LogP) is 5.56. The molecular formula is C24H40N4O4Si. The molecule has 2 aromatic rings. The summed E-state index contributed by atoms with van der Waals surface area (Å²) in [6.07, 6.45) is 1.26. The van der Waals surface area contributed by atoms with Gasteiger partial charge in [-0.2, -0.15) is 0 Å². The lowest BCUT2D eigenvalue weighted by Gasteiger charge is -2.42. The van der Waals surface area contributed by atoms with Crippen LogP contribution in [0.3, 0.4) is 0 Å². The van der Waals surface area contributed by atoms with Gasteiger partial charge in [0.2, 0.25) is 5.95 Å². The quantitative estimate of drug-likeness (QED) is 0.357. The largest absolute Gasteiger partial charge is 0.494 e. The first kappa shape index (κ1) is 25.4. The zero-order valence-electron chi connectivity index (χ0n) is 21.2. The molecule has 1 aromatic heterocycles. The molecule has 0 saturated carbocycles. The van der Waals surface area contributed by atoms with Crippen LogP contribution in [-0.4, -0.2) is 50.8 Å². The van der Waals surface area contributed by atoms with Crippen molar-refractivity contribution in [2.24, 2.45) is 0 Å². The number of imidazole rings is 1. The Hall–Kier alpha value is -2.26. The molecule has 1 aliphatic heterocycles. The van der Waals surface area contributed by atoms with Gasteiger partial charge in [-0.15, -0.1) is 0 Å². The number of methoxy groups -OCH3 is 1. The van der Waals surface area contributed by atoms with Gasteiger partial charge in [-0.05, 0) is 35.5 Å². The summed E-state index contributed by atoms with van der Waals surface area (Å²) in [6.45, 7) is 16.2. The molecule has 3 rings (SSSR count). The zero-order chi connectivity index (χ0) is 24.3. The van der Waals surface area contributed by atoms with Gasteiger partial charge in [-0.25, -0.2) is 9.78 Å². The van der Waals surface area contributed by atoms with Gasteiger partial charge in [0.15, 0.2) is 8.32 Å². The second-order valence-corrected chi connectivity index (χ2v) is 15.2. The number of ether oxygens (including phenoxy) is 2. The number of carbonyl (C=O) groups is 1. The molecule has 8 nitrogen and oxygen atoms in total. The van der Waals surface area contributed by atoms with Crippen LogP contribution in [0.25, 0.3) is 11.0 Å². The highest BCUT2D eigenvalue weighted by atomic mass is 28.4. The predicted molar refractivity (Wildman–Crippen MR) is 136 cm³/mol. The molecule has 1 fully saturated rings. The molecule has 0 bridgehead atoms. The van der Waals surface area contributed by atoms with Crippen molar-refractivity contribution in [1.82, 2.24) is 9.55 Å². The highest BCUT2D eigenvalue weighted by Gasteiger charge is 2.44. The van der Waals surface area contributed by atoms with E-state index in [4.69, 9.17) is 19.6 Å². The van der Waals surface area contributed by atoms with Crippen LogP contribution in [0.5, 0.6) is 5.75 Å². The number of aromatic nitrogens is 2. The standard InChI is InChI=1S/C24H40N4O4Si/c1-16(2)33(17(3)4,18(5)6)32-13-9-10-27-20-15-22(30-7)21(14-19(20)26-23(27)25)28-11-8-12-31-24(28)29/h14-18H,8-13H2,1-7H3,(H2,25,26). The van der Waals surface area contributed by atoms with Crippen LogP contribution < -0.4 is 15.4 Å². The van der Waals surface area contributed by atoms with E-state index in [9.17, 15) is 4.79 Å². The molecule has 33 heavy (non-hydrogen) atoms. The SMILES string of the molecule is COc1cc2c(cc1N1CCCOC1=O)nc(N)n2CCCO[Si](C(C)C)(C(C)C)C(C)C. The molecular weight excluding hydrogens is 436 g/mol. The molecule has 0 atom stereocenters. The molecule has 0 spiro atoms. The maximum Gasteiger partial charge on any atom is 0.414 e. The second-order valence-electron chi connectivity index (χ2n) is 9.77. The monoisotopic (exact) mass is 476 g/mol. The Morgan fingerprint density at radius 1 is 1.15 bits per heavy atom. The first-order valence-electron chi connectivity index (χ1n) is 12.0. The van der Waals surface area contributed by atoms with Gasteiger partial charge in [0.1, 0.15) is 5.75 Å². The number of benzene rings is 1. The third kappa shape index (κ3) is 4.84. The van der Waals surface area contributed by atoms with Crippen LogP contribution in [0.1, 0.15) is 54.4 Å². The fourth-order valence-corrected chi connectivity index (χ4v) is 11.0. The van der Waals surface area contributed by atoms with Crippen molar-refractivity contribution in [2.75, 3.05) is 37.5 Å². The molecule has 1 saturated heterocycles. The smallest absolute Gasteiger partial charge is 0.414 e. The number of aryl methyl sites for hydroxylation is 1. The Balaban J connectivity index is 1.80. The van der Waals surface area contributed by atoms with E-state index in [2.05, 4.69) is 46.5 Å². The zero-order valence-corrected chi connectivity index (χ0v) is 22.2. The Labute approximate surface area is 198 Å². The summed E-state index contributed by atoms with van der Waals surface area (Å²) >= 11 is 0. The molecule has 0 aliphatic carbocycles. The lowest BCUT2D eigenvalue weighted by Crippen LogP contribution is -2.48. The average Bonchev–Trinajstić information content (AvgIpc) is 3.06. The van der Waals surface area contributed by atoms with Crippen molar-refractivity contribution in [2.45, 2.75) is 77.6 Å². The minimum absolute atomic E-state index is 0.364. The summed E-state index contributed by atoms with van der Waals surface area (Å²) in [6, 6.07) is 3.77. The van der Waals surface area contributed by atoms with Gasteiger partial charge in [0.05, 0.1) is 30.4 Å². The van der Waals surface area contributed by atoms with Gasteiger partial charge < -0.3 is 24.2 Å². The molecule has 1 aromatic carbocycles. The number of nitrogens with two attached hydrogens (primary N) is 1. The third-order valence-corrected chi connectivity index (χ3v) is 13.0. The second kappa shape index (κ2) is 10.3. The molecule has 2 heterocycles. The number of rotatable bonds is 10. The highest BCUT2D eigenvalue weighted by Crippen LogP contribution is 2.42. The van der Waals surface area contributed by atoms with E-state index in [0.29, 0.717) is 60.3 Å². The van der Waals surface area contributed by atoms with Crippen molar-refractivity contribution >= 4 is 37.1 Å². The number of hydrogen-bond donors (Lipinski definition) is 1. The number of hydrogen-bond acceptors (Lipinski definition) is 6. The number of amides is 1. The van der Waals surface area contributed by atoms with Crippen molar-refractivity contribution in [3.8, 4) is 5.75 Å². The number of fused-ring (bicyclic) bond motifs is 1. The summed E-state index contributed by atoms with van der Waals surface area (Å²) in [5.41, 5.74) is 10.2. The van der Waals surface area contributed by atoms with Gasteiger partial charge in [0.25, 0.3) is 0 Å². The van der Waals surface area contributed by atoms with Crippen LogP contribution in [0.4, 0.5) is 16.4 Å². The minimum atomic E-state index is -1.89. The topological polar surface area (TPSA) is 91.8 Å². The first-order chi connectivity index (χ1) is 15.6. The van der Waals surface area contributed by atoms with E-state index in [0.717, 1.165) is 23.9 Å². The van der Waals surface area contributed by atoms with Crippen LogP contribution in [-0.2, 0) is 15.7 Å². The normalized spacial score (nSPS) is 15.2. The van der Waals surface area contributed by atoms with E-state index in [1.807, 2.05) is 16.7 Å². The maximum atomic E-state index is 12.3. The van der Waals surface area contributed by atoms with Gasteiger partial charge in [-0.3, -0.25) is 4.90 Å². The maximum absolute atomic E-state index is 12.3. The third-order valence-electron chi connectivity index (χ3n) is 6.93. The number of nitrogen functional groups attached to an aromatic ring is 1. The number of carbonyl (C=O) groups excluding carboxylic acids is 1. The number of nitrogens with zero attached hydrogens (tertiary/aromatic N) is 3. The van der Waals surface area contributed by atoms with Crippen LogP contribution in [0.15, 0.2) is 12.1 Å². The summed E-state index contributed by atoms with van der Waals surface area (Å²) < 4.78 is 19.5. The molecule has 2 N–H and O–H groups in total. The van der Waals surface area contributed by atoms with Crippen molar-refractivity contribution < 1.29 is 18.7 Å². The molecule has 0 radical (unpaired) electrons. The minimum Gasteiger partial charge on any atom is -0.494 e. The lowest BCUT2D eigenvalue weighted by atomic mass is 10.2. The number of anilines is 2. The van der Waals surface area contributed by atoms with Gasteiger partial charge >= 0.3 is 6.09 Å². The fraction of sp³-hybridized carbons (Fsp3) is 0.667. The number of cyclic esters (lactones) is 1. The molecule has 1 amide bonds. The van der Waals surface area contributed by atoms with Crippen molar-refractivity contribution in [1.29, 1.82) is 0 Å². The van der Waals surface area contributed by atoms with E-state index in [-0.39, 0.29) is 6.09 Å². The first-order valence-corrected chi connectivity index (χ1v) is 14.2. The lowest BCUT2D eigenvalue weighted by molar-refractivity contribution is 0.140. The summed E-state index contributed by atoms with van der Waals surface area (Å²) in [5.74, 6) is 1.05. The summed E-state index contributed by atoms with van der Waals surface area (Å²) in [4.78, 5) is 18.4. The average molecular weight is 477 g/mol. The summed E-state index contributed by atoms with van der Waals surface area (Å²) in [5, 5.41) is 0. The molecule has 9 heteroatoms. The van der Waals surface area contributed by atoms with E-state index in [1.54, 1.807) is 12.0 Å². The van der Waals surface area contributed by atoms with Crippen molar-refractivity contribution in [3.05, 3.63) is 12.1 Å². The van der Waals surface area contributed by atoms with E-state index in [1.165, 1.54) is 0 Å². The Morgan fingerprint density at radius 2 is 1.82 bits per heavy atom. The highest BCUT2D eigenvalue weighted by molar-refractivity contribution is 6.77. The van der Waals surface area contributed by atoms with Crippen molar-refractivity contribution in [3.63, 3.8) is 0 Å². The Morgan fingerprint density at radius 3 is 2.39 bits per heavy atom.